The van der Waals surface area contributed by atoms with Crippen LogP contribution in [0.2, 0.25) is 0 Å². The van der Waals surface area contributed by atoms with E-state index in [1.54, 1.807) is 0 Å². The predicted molar refractivity (Wildman–Crippen MR) is 52.1 cm³/mol. The van der Waals surface area contributed by atoms with Crippen molar-refractivity contribution in [1.29, 1.82) is 0 Å². The maximum absolute atomic E-state index is 10.7. The van der Waals surface area contributed by atoms with E-state index in [1.807, 2.05) is 0 Å². The fraction of sp³-hybridized carbons (Fsp3) is 0.667. The van der Waals surface area contributed by atoms with Gasteiger partial charge in [-0.05, 0) is 6.08 Å². The van der Waals surface area contributed by atoms with Gasteiger partial charge in [0.25, 0.3) is 0 Å². The molecular weight excluding hydrogens is 168 g/mol. The Labute approximate surface area is 79.8 Å². The van der Waals surface area contributed by atoms with E-state index in [1.165, 1.54) is 6.08 Å². The van der Waals surface area contributed by atoms with E-state index < -0.39 is 0 Å². The van der Waals surface area contributed by atoms with Crippen molar-refractivity contribution in [2.75, 3.05) is 41.0 Å². The van der Waals surface area contributed by atoms with E-state index in [4.69, 9.17) is 4.74 Å². The van der Waals surface area contributed by atoms with Gasteiger partial charge in [0.05, 0.1) is 27.7 Å². The second-order valence-electron chi connectivity index (χ2n) is 3.81. The number of quaternary nitrogens is 1. The Morgan fingerprint density at radius 1 is 1.54 bits per heavy atom. The number of nitrogens with zero attached hydrogens (tertiary/aromatic N) is 1. The van der Waals surface area contributed by atoms with Gasteiger partial charge in [0, 0.05) is 0 Å². The molecular formula is C9H19N2O2+. The van der Waals surface area contributed by atoms with Gasteiger partial charge in [0.1, 0.15) is 13.3 Å². The molecule has 0 aliphatic carbocycles. The second kappa shape index (κ2) is 5.72. The molecule has 4 nitrogen and oxygen atoms in total. The molecule has 0 aromatic rings. The van der Waals surface area contributed by atoms with Gasteiger partial charge in [-0.15, -0.1) is 0 Å². The molecule has 0 fully saturated rings. The van der Waals surface area contributed by atoms with Crippen LogP contribution in [0.5, 0.6) is 0 Å². The lowest BCUT2D eigenvalue weighted by Gasteiger charge is -2.23. The first-order chi connectivity index (χ1) is 5.95. The summed E-state index contributed by atoms with van der Waals surface area (Å²) in [5, 5.41) is 2.53. The Bertz CT molecular complexity index is 173. The molecule has 0 spiro atoms. The summed E-state index contributed by atoms with van der Waals surface area (Å²) in [6, 6.07) is 0. The summed E-state index contributed by atoms with van der Waals surface area (Å²) in [4.78, 5) is 10.7. The minimum atomic E-state index is -0.203. The summed E-state index contributed by atoms with van der Waals surface area (Å²) in [6.45, 7) is 5.14. The van der Waals surface area contributed by atoms with Gasteiger partial charge in [-0.2, -0.15) is 0 Å². The second-order valence-corrected chi connectivity index (χ2v) is 3.81. The highest BCUT2D eigenvalue weighted by atomic mass is 16.5. The van der Waals surface area contributed by atoms with E-state index in [0.29, 0.717) is 6.61 Å². The van der Waals surface area contributed by atoms with Crippen LogP contribution in [0.1, 0.15) is 0 Å². The summed E-state index contributed by atoms with van der Waals surface area (Å²) in [6.07, 6.45) is 1.23. The first-order valence-corrected chi connectivity index (χ1v) is 4.24. The predicted octanol–water partition coefficient (Wildman–Crippen LogP) is -0.0311. The average Bonchev–Trinajstić information content (AvgIpc) is 2.01. The molecule has 4 heteroatoms. The van der Waals surface area contributed by atoms with Crippen LogP contribution in [0.15, 0.2) is 12.7 Å². The third-order valence-electron chi connectivity index (χ3n) is 1.44. The number of carbonyl (C=O) groups excluding carboxylic acids is 1. The molecule has 0 bridgehead atoms. The Kier molecular flexibility index (Phi) is 5.34. The Balaban J connectivity index is 3.27. The molecule has 0 aromatic heterocycles. The molecule has 0 aliphatic rings. The number of carbonyl (C=O) groups is 1. The van der Waals surface area contributed by atoms with Crippen molar-refractivity contribution in [1.82, 2.24) is 5.32 Å². The molecule has 0 atom stereocenters. The van der Waals surface area contributed by atoms with Crippen molar-refractivity contribution in [2.24, 2.45) is 0 Å². The van der Waals surface area contributed by atoms with Crippen LogP contribution in [-0.4, -0.2) is 51.4 Å². The maximum atomic E-state index is 10.7. The molecule has 1 N–H and O–H groups in total. The fourth-order valence-corrected chi connectivity index (χ4v) is 0.605. The van der Waals surface area contributed by atoms with E-state index in [9.17, 15) is 4.79 Å². The minimum absolute atomic E-state index is 0.203. The zero-order valence-corrected chi connectivity index (χ0v) is 8.67. The van der Waals surface area contributed by atoms with E-state index in [0.717, 1.165) is 11.0 Å². The van der Waals surface area contributed by atoms with Gasteiger partial charge in [-0.3, -0.25) is 4.79 Å². The van der Waals surface area contributed by atoms with Crippen molar-refractivity contribution in [3.63, 3.8) is 0 Å². The number of hydrogen-bond donors (Lipinski definition) is 1. The summed E-state index contributed by atoms with van der Waals surface area (Å²) < 4.78 is 6.04. The summed E-state index contributed by atoms with van der Waals surface area (Å²) in [7, 11) is 6.27. The zero-order valence-electron chi connectivity index (χ0n) is 8.67. The quantitative estimate of drug-likeness (QED) is 0.274. The summed E-state index contributed by atoms with van der Waals surface area (Å²) in [5.74, 6) is -0.203. The van der Waals surface area contributed by atoms with Gasteiger partial charge in [0.2, 0.25) is 5.91 Å². The lowest BCUT2D eigenvalue weighted by atomic mass is 10.5. The first kappa shape index (κ1) is 12.1. The SMILES string of the molecule is C=CC(=O)NCOCC[N+](C)(C)C. The van der Waals surface area contributed by atoms with E-state index >= 15 is 0 Å². The summed E-state index contributed by atoms with van der Waals surface area (Å²) >= 11 is 0. The molecule has 0 aromatic carbocycles. The Hall–Kier alpha value is -0.870. The molecule has 0 rings (SSSR count). The third-order valence-corrected chi connectivity index (χ3v) is 1.44. The lowest BCUT2D eigenvalue weighted by molar-refractivity contribution is -0.870. The average molecular weight is 187 g/mol. The highest BCUT2D eigenvalue weighted by Crippen LogP contribution is 1.88. The molecule has 13 heavy (non-hydrogen) atoms. The van der Waals surface area contributed by atoms with Gasteiger partial charge >= 0.3 is 0 Å². The van der Waals surface area contributed by atoms with Crippen molar-refractivity contribution in [3.05, 3.63) is 12.7 Å². The van der Waals surface area contributed by atoms with Gasteiger partial charge in [0.15, 0.2) is 0 Å². The lowest BCUT2D eigenvalue weighted by Crippen LogP contribution is -2.38. The number of rotatable bonds is 6. The maximum Gasteiger partial charge on any atom is 0.245 e. The monoisotopic (exact) mass is 187 g/mol. The molecule has 0 saturated heterocycles. The Morgan fingerprint density at radius 2 is 2.15 bits per heavy atom. The number of likely N-dealkylation sites (N-methyl/N-ethyl adjacent to an activating group) is 1. The number of amides is 1. The molecule has 0 unspecified atom stereocenters. The number of nitrogens with one attached hydrogen (secondary N) is 1. The zero-order chi connectivity index (χ0) is 10.3. The van der Waals surface area contributed by atoms with E-state index in [-0.39, 0.29) is 12.6 Å². The first-order valence-electron chi connectivity index (χ1n) is 4.24. The third kappa shape index (κ3) is 9.04. The topological polar surface area (TPSA) is 38.3 Å². The van der Waals surface area contributed by atoms with Gasteiger partial charge in [-0.1, -0.05) is 6.58 Å². The molecule has 0 radical (unpaired) electrons. The van der Waals surface area contributed by atoms with Crippen LogP contribution < -0.4 is 5.32 Å². The van der Waals surface area contributed by atoms with Crippen LogP contribution in [0.4, 0.5) is 0 Å². The Morgan fingerprint density at radius 3 is 2.62 bits per heavy atom. The van der Waals surface area contributed by atoms with Crippen LogP contribution >= 0.6 is 0 Å². The standard InChI is InChI=1S/C9H18N2O2/c1-5-9(12)10-8-13-7-6-11(2,3)4/h5H,1,6-8H2,2-4H3/p+1. The van der Waals surface area contributed by atoms with Crippen LogP contribution in [0, 0.1) is 0 Å². The summed E-state index contributed by atoms with van der Waals surface area (Å²) in [5.41, 5.74) is 0. The van der Waals surface area contributed by atoms with Crippen LogP contribution in [0.3, 0.4) is 0 Å². The smallest absolute Gasteiger partial charge is 0.245 e. The molecule has 76 valence electrons. The van der Waals surface area contributed by atoms with Crippen molar-refractivity contribution in [2.45, 2.75) is 0 Å². The molecule has 0 saturated carbocycles. The van der Waals surface area contributed by atoms with Crippen molar-refractivity contribution in [3.8, 4) is 0 Å². The van der Waals surface area contributed by atoms with Crippen molar-refractivity contribution < 1.29 is 14.0 Å². The van der Waals surface area contributed by atoms with Crippen LogP contribution in [-0.2, 0) is 9.53 Å². The molecule has 1 amide bonds. The fourth-order valence-electron chi connectivity index (χ4n) is 0.605. The largest absolute Gasteiger partial charge is 0.355 e. The van der Waals surface area contributed by atoms with Gasteiger partial charge < -0.3 is 14.5 Å². The highest BCUT2D eigenvalue weighted by molar-refractivity contribution is 5.86. The normalized spacial score (nSPS) is 11.0. The molecule has 0 aliphatic heterocycles. The number of ether oxygens (including phenoxy) is 1. The molecule has 0 heterocycles. The van der Waals surface area contributed by atoms with Crippen molar-refractivity contribution >= 4 is 5.91 Å². The van der Waals surface area contributed by atoms with Gasteiger partial charge in [-0.25, -0.2) is 0 Å². The highest BCUT2D eigenvalue weighted by Gasteiger charge is 2.05. The number of hydrogen-bond acceptors (Lipinski definition) is 2. The van der Waals surface area contributed by atoms with E-state index in [2.05, 4.69) is 33.0 Å². The minimum Gasteiger partial charge on any atom is -0.355 e. The van der Waals surface area contributed by atoms with Crippen LogP contribution in [0.25, 0.3) is 0 Å².